The van der Waals surface area contributed by atoms with Crippen LogP contribution in [-0.2, 0) is 0 Å². The molecule has 0 heterocycles. The Bertz CT molecular complexity index is 400. The summed E-state index contributed by atoms with van der Waals surface area (Å²) in [7, 11) is 0. The van der Waals surface area contributed by atoms with Crippen molar-refractivity contribution < 1.29 is 4.79 Å². The molecule has 1 aromatic carbocycles. The van der Waals surface area contributed by atoms with Crippen molar-refractivity contribution in [2.45, 2.75) is 77.6 Å². The van der Waals surface area contributed by atoms with E-state index in [4.69, 9.17) is 11.6 Å². The Morgan fingerprint density at radius 1 is 0.857 bits per heavy atom. The Hall–Kier alpha value is -0.820. The fourth-order valence-electron chi connectivity index (χ4n) is 2.60. The molecule has 0 N–H and O–H groups in total. The summed E-state index contributed by atoms with van der Waals surface area (Å²) in [5.74, 6) is 0.181. The minimum absolute atomic E-state index is 0.181. The molecule has 0 radical (unpaired) electrons. The fourth-order valence-corrected chi connectivity index (χ4v) is 2.84. The van der Waals surface area contributed by atoms with Gasteiger partial charge in [0.1, 0.15) is 0 Å². The van der Waals surface area contributed by atoms with Crippen LogP contribution in [0.15, 0.2) is 24.3 Å². The van der Waals surface area contributed by atoms with Gasteiger partial charge in [-0.1, -0.05) is 88.4 Å². The minimum Gasteiger partial charge on any atom is -0.294 e. The van der Waals surface area contributed by atoms with Crippen LogP contribution in [0, 0.1) is 0 Å². The molecule has 0 bridgehead atoms. The average Bonchev–Trinajstić information content (AvgIpc) is 2.49. The summed E-state index contributed by atoms with van der Waals surface area (Å²) >= 11 is 6.03. The van der Waals surface area contributed by atoms with Gasteiger partial charge in [0.25, 0.3) is 0 Å². The summed E-state index contributed by atoms with van der Waals surface area (Å²) in [6, 6.07) is 7.34. The molecule has 0 spiro atoms. The van der Waals surface area contributed by atoms with E-state index in [9.17, 15) is 4.79 Å². The van der Waals surface area contributed by atoms with Crippen molar-refractivity contribution in [2.24, 2.45) is 0 Å². The first kappa shape index (κ1) is 18.2. The molecule has 1 nitrogen and oxygen atoms in total. The number of ketones is 1. The highest BCUT2D eigenvalue weighted by atomic mass is 35.5. The number of benzene rings is 1. The molecule has 1 aromatic rings. The quantitative estimate of drug-likeness (QED) is 0.305. The lowest BCUT2D eigenvalue weighted by Crippen LogP contribution is -1.99. The molecule has 0 aliphatic heterocycles. The van der Waals surface area contributed by atoms with Gasteiger partial charge in [-0.25, -0.2) is 0 Å². The van der Waals surface area contributed by atoms with Crippen molar-refractivity contribution in [3.05, 3.63) is 34.9 Å². The largest absolute Gasteiger partial charge is 0.294 e. The van der Waals surface area contributed by atoms with Crippen LogP contribution in [0.5, 0.6) is 0 Å². The molecule has 0 aromatic heterocycles. The summed E-state index contributed by atoms with van der Waals surface area (Å²) in [5, 5.41) is 0.578. The van der Waals surface area contributed by atoms with E-state index in [0.29, 0.717) is 17.0 Å². The van der Waals surface area contributed by atoms with E-state index in [0.717, 1.165) is 12.8 Å². The minimum atomic E-state index is 0.181. The third kappa shape index (κ3) is 8.26. The van der Waals surface area contributed by atoms with Crippen LogP contribution in [0.3, 0.4) is 0 Å². The van der Waals surface area contributed by atoms with E-state index >= 15 is 0 Å². The van der Waals surface area contributed by atoms with Crippen molar-refractivity contribution >= 4 is 17.4 Å². The molecule has 0 amide bonds. The van der Waals surface area contributed by atoms with Gasteiger partial charge in [0, 0.05) is 12.0 Å². The highest BCUT2D eigenvalue weighted by Crippen LogP contribution is 2.18. The lowest BCUT2D eigenvalue weighted by molar-refractivity contribution is 0.0979. The van der Waals surface area contributed by atoms with Crippen molar-refractivity contribution in [3.8, 4) is 0 Å². The second-order valence-electron chi connectivity index (χ2n) is 5.84. The molecular weight excluding hydrogens is 280 g/mol. The molecule has 0 unspecified atom stereocenters. The van der Waals surface area contributed by atoms with Crippen LogP contribution in [0.25, 0.3) is 0 Å². The number of hydrogen-bond acceptors (Lipinski definition) is 1. The third-order valence-corrected chi connectivity index (χ3v) is 4.26. The van der Waals surface area contributed by atoms with E-state index in [2.05, 4.69) is 6.92 Å². The topological polar surface area (TPSA) is 17.1 Å². The van der Waals surface area contributed by atoms with Crippen molar-refractivity contribution in [3.63, 3.8) is 0 Å². The molecule has 0 aliphatic rings. The molecular formula is C19H29ClO. The van der Waals surface area contributed by atoms with Crippen LogP contribution in [0.4, 0.5) is 0 Å². The Labute approximate surface area is 135 Å². The summed E-state index contributed by atoms with van der Waals surface area (Å²) in [5.41, 5.74) is 0.676. The van der Waals surface area contributed by atoms with Crippen LogP contribution in [0.1, 0.15) is 87.9 Å². The van der Waals surface area contributed by atoms with Gasteiger partial charge in [-0.3, -0.25) is 4.79 Å². The van der Waals surface area contributed by atoms with Crippen molar-refractivity contribution in [1.82, 2.24) is 0 Å². The van der Waals surface area contributed by atoms with Gasteiger partial charge in [0.2, 0.25) is 0 Å². The van der Waals surface area contributed by atoms with Crippen LogP contribution in [0.2, 0.25) is 5.02 Å². The van der Waals surface area contributed by atoms with E-state index in [1.165, 1.54) is 51.4 Å². The lowest BCUT2D eigenvalue weighted by atomic mass is 10.0. The van der Waals surface area contributed by atoms with Crippen molar-refractivity contribution in [2.75, 3.05) is 0 Å². The lowest BCUT2D eigenvalue weighted by Gasteiger charge is -2.04. The van der Waals surface area contributed by atoms with Gasteiger partial charge < -0.3 is 0 Å². The summed E-state index contributed by atoms with van der Waals surface area (Å²) in [6.45, 7) is 2.25. The zero-order valence-corrected chi connectivity index (χ0v) is 14.1. The van der Waals surface area contributed by atoms with Crippen molar-refractivity contribution in [1.29, 1.82) is 0 Å². The Balaban J connectivity index is 1.99. The zero-order chi connectivity index (χ0) is 15.3. The molecule has 0 atom stereocenters. The van der Waals surface area contributed by atoms with E-state index in [1.54, 1.807) is 6.07 Å². The van der Waals surface area contributed by atoms with Gasteiger partial charge in [0.15, 0.2) is 5.78 Å². The number of hydrogen-bond donors (Lipinski definition) is 0. The summed E-state index contributed by atoms with van der Waals surface area (Å²) in [6.07, 6.45) is 13.5. The van der Waals surface area contributed by atoms with Gasteiger partial charge in [-0.15, -0.1) is 0 Å². The van der Waals surface area contributed by atoms with Gasteiger partial charge in [0.05, 0.1) is 5.02 Å². The second-order valence-corrected chi connectivity index (χ2v) is 6.24. The normalized spacial score (nSPS) is 10.8. The molecule has 2 heteroatoms. The number of Topliss-reactive ketones (excluding diaryl/α,β-unsaturated/α-hetero) is 1. The van der Waals surface area contributed by atoms with Gasteiger partial charge in [-0.05, 0) is 18.6 Å². The van der Waals surface area contributed by atoms with Gasteiger partial charge >= 0.3 is 0 Å². The van der Waals surface area contributed by atoms with Gasteiger partial charge in [-0.2, -0.15) is 0 Å². The SMILES string of the molecule is CCCCCCCCCCCCC(=O)c1ccccc1Cl. The van der Waals surface area contributed by atoms with Crippen LogP contribution < -0.4 is 0 Å². The number of carbonyl (C=O) groups excluding carboxylic acids is 1. The molecule has 0 fully saturated rings. The first-order valence-corrected chi connectivity index (χ1v) is 8.91. The monoisotopic (exact) mass is 308 g/mol. The summed E-state index contributed by atoms with van der Waals surface area (Å²) in [4.78, 5) is 12.0. The maximum Gasteiger partial charge on any atom is 0.164 e. The molecule has 0 saturated heterocycles. The number of carbonyl (C=O) groups is 1. The molecule has 0 aliphatic carbocycles. The zero-order valence-electron chi connectivity index (χ0n) is 13.4. The smallest absolute Gasteiger partial charge is 0.164 e. The molecule has 118 valence electrons. The third-order valence-electron chi connectivity index (χ3n) is 3.93. The summed E-state index contributed by atoms with van der Waals surface area (Å²) < 4.78 is 0. The maximum absolute atomic E-state index is 12.0. The van der Waals surface area contributed by atoms with E-state index < -0.39 is 0 Å². The maximum atomic E-state index is 12.0. The molecule has 1 rings (SSSR count). The fraction of sp³-hybridized carbons (Fsp3) is 0.632. The molecule has 0 saturated carbocycles. The number of unbranched alkanes of at least 4 members (excludes halogenated alkanes) is 9. The van der Waals surface area contributed by atoms with E-state index in [-0.39, 0.29) is 5.78 Å². The first-order chi connectivity index (χ1) is 10.3. The average molecular weight is 309 g/mol. The predicted molar refractivity (Wildman–Crippen MR) is 92.2 cm³/mol. The number of rotatable bonds is 12. The number of halogens is 1. The highest BCUT2D eigenvalue weighted by Gasteiger charge is 2.08. The standard InChI is InChI=1S/C19H29ClO/c1-2-3-4-5-6-7-8-9-10-11-16-19(21)17-14-12-13-15-18(17)20/h12-15H,2-11,16H2,1H3. The van der Waals surface area contributed by atoms with E-state index in [1.807, 2.05) is 18.2 Å². The predicted octanol–water partition coefficient (Wildman–Crippen LogP) is 6.83. The highest BCUT2D eigenvalue weighted by molar-refractivity contribution is 6.33. The Kier molecular flexibility index (Phi) is 10.2. The Morgan fingerprint density at radius 2 is 1.38 bits per heavy atom. The first-order valence-electron chi connectivity index (χ1n) is 8.53. The molecule has 21 heavy (non-hydrogen) atoms. The van der Waals surface area contributed by atoms with Crippen LogP contribution in [-0.4, -0.2) is 5.78 Å². The van der Waals surface area contributed by atoms with Crippen LogP contribution >= 0.6 is 11.6 Å². The second kappa shape index (κ2) is 11.8. The Morgan fingerprint density at radius 3 is 1.95 bits per heavy atom.